The summed E-state index contributed by atoms with van der Waals surface area (Å²) in [4.78, 5) is 35.2. The zero-order chi connectivity index (χ0) is 19.1. The van der Waals surface area contributed by atoms with Gasteiger partial charge in [0.25, 0.3) is 5.91 Å². The van der Waals surface area contributed by atoms with Crippen molar-refractivity contribution in [2.24, 2.45) is 0 Å². The smallest absolute Gasteiger partial charge is 0.375 e. The Morgan fingerprint density at radius 1 is 1.12 bits per heavy atom. The highest BCUT2D eigenvalue weighted by atomic mass is 16.6. The van der Waals surface area contributed by atoms with E-state index >= 15 is 0 Å². The molecular weight excluding hydrogens is 338 g/mol. The molecule has 2 rings (SSSR count). The number of nitrogens with one attached hydrogen (secondary N) is 1. The predicted molar refractivity (Wildman–Crippen MR) is 93.9 cm³/mol. The molecule has 0 radical (unpaired) electrons. The van der Waals surface area contributed by atoms with Gasteiger partial charge in [0.05, 0.1) is 6.61 Å². The first-order chi connectivity index (χ1) is 12.4. The number of furan rings is 1. The molecule has 0 fully saturated rings. The molecule has 0 saturated heterocycles. The number of esters is 1. The zero-order valence-electron chi connectivity index (χ0n) is 14.9. The number of Topliss-reactive ketones (excluding diaryl/α,β-unsaturated/α-hetero) is 1. The van der Waals surface area contributed by atoms with Gasteiger partial charge in [-0.3, -0.25) is 9.59 Å². The third-order valence-electron chi connectivity index (χ3n) is 3.64. The Morgan fingerprint density at radius 3 is 2.42 bits per heavy atom. The van der Waals surface area contributed by atoms with Crippen LogP contribution in [-0.2, 0) is 14.3 Å². The van der Waals surface area contributed by atoms with Gasteiger partial charge in [0.1, 0.15) is 5.76 Å². The maximum Gasteiger partial charge on any atom is 0.375 e. The number of amides is 1. The highest BCUT2D eigenvalue weighted by molar-refractivity contribution is 5.94. The lowest BCUT2D eigenvalue weighted by molar-refractivity contribution is -0.129. The van der Waals surface area contributed by atoms with Crippen LogP contribution in [0.2, 0.25) is 0 Å². The summed E-state index contributed by atoms with van der Waals surface area (Å²) in [5, 5.41) is 2.59. The van der Waals surface area contributed by atoms with E-state index < -0.39 is 18.0 Å². The van der Waals surface area contributed by atoms with Gasteiger partial charge in [0, 0.05) is 24.8 Å². The summed E-state index contributed by atoms with van der Waals surface area (Å²) in [5.74, 6) is -0.720. The second-order valence-corrected chi connectivity index (χ2v) is 5.63. The van der Waals surface area contributed by atoms with Crippen molar-refractivity contribution < 1.29 is 28.3 Å². The number of carbonyl (C=O) groups excluding carboxylic acids is 3. The Labute approximate surface area is 151 Å². The topological polar surface area (TPSA) is 94.8 Å². The van der Waals surface area contributed by atoms with Gasteiger partial charge in [-0.1, -0.05) is 24.3 Å². The third kappa shape index (κ3) is 5.03. The molecule has 0 spiro atoms. The monoisotopic (exact) mass is 359 g/mol. The van der Waals surface area contributed by atoms with Crippen molar-refractivity contribution >= 4 is 17.7 Å². The van der Waals surface area contributed by atoms with Crippen molar-refractivity contribution in [3.05, 3.63) is 47.7 Å². The molecule has 0 unspecified atom stereocenters. The van der Waals surface area contributed by atoms with E-state index in [0.29, 0.717) is 24.5 Å². The second kappa shape index (κ2) is 8.96. The number of methoxy groups -OCH3 is 1. The van der Waals surface area contributed by atoms with Gasteiger partial charge in [-0.2, -0.15) is 0 Å². The number of ketones is 1. The van der Waals surface area contributed by atoms with Crippen LogP contribution in [0.3, 0.4) is 0 Å². The number of hydrogen-bond acceptors (Lipinski definition) is 6. The lowest BCUT2D eigenvalue weighted by Gasteiger charge is -2.12. The SMILES string of the molecule is COCCNC(=O)[C@@H](C)OC(=O)c1ccc(-c2ccc(C(C)=O)cc2)o1. The molecule has 0 aliphatic carbocycles. The maximum atomic E-state index is 12.1. The summed E-state index contributed by atoms with van der Waals surface area (Å²) in [5.41, 5.74) is 1.31. The van der Waals surface area contributed by atoms with Crippen molar-refractivity contribution in [3.8, 4) is 11.3 Å². The number of benzene rings is 1. The van der Waals surface area contributed by atoms with E-state index in [4.69, 9.17) is 13.9 Å². The fraction of sp³-hybridized carbons (Fsp3) is 0.316. The fourth-order valence-electron chi connectivity index (χ4n) is 2.16. The molecule has 1 aromatic carbocycles. The fourth-order valence-corrected chi connectivity index (χ4v) is 2.16. The molecule has 0 aliphatic heterocycles. The summed E-state index contributed by atoms with van der Waals surface area (Å²) in [6, 6.07) is 9.94. The summed E-state index contributed by atoms with van der Waals surface area (Å²) in [7, 11) is 1.53. The van der Waals surface area contributed by atoms with Gasteiger partial charge < -0.3 is 19.2 Å². The average molecular weight is 359 g/mol. The van der Waals surface area contributed by atoms with E-state index in [9.17, 15) is 14.4 Å². The van der Waals surface area contributed by atoms with E-state index in [0.717, 1.165) is 5.56 Å². The maximum absolute atomic E-state index is 12.1. The van der Waals surface area contributed by atoms with E-state index in [1.807, 2.05) is 0 Å². The van der Waals surface area contributed by atoms with Gasteiger partial charge in [-0.05, 0) is 26.0 Å². The van der Waals surface area contributed by atoms with E-state index in [-0.39, 0.29) is 11.5 Å². The van der Waals surface area contributed by atoms with Crippen LogP contribution < -0.4 is 5.32 Å². The van der Waals surface area contributed by atoms with Crippen molar-refractivity contribution in [1.82, 2.24) is 5.32 Å². The van der Waals surface area contributed by atoms with Crippen LogP contribution in [0.15, 0.2) is 40.8 Å². The van der Waals surface area contributed by atoms with Crippen LogP contribution in [0, 0.1) is 0 Å². The molecule has 1 aromatic heterocycles. The van der Waals surface area contributed by atoms with Crippen molar-refractivity contribution in [2.45, 2.75) is 20.0 Å². The Hall–Kier alpha value is -2.93. The Balaban J connectivity index is 1.98. The molecule has 2 aromatic rings. The van der Waals surface area contributed by atoms with Crippen molar-refractivity contribution in [3.63, 3.8) is 0 Å². The first-order valence-electron chi connectivity index (χ1n) is 8.11. The van der Waals surface area contributed by atoms with Crippen LogP contribution in [0.1, 0.15) is 34.8 Å². The lowest BCUT2D eigenvalue weighted by Crippen LogP contribution is -2.37. The summed E-state index contributed by atoms with van der Waals surface area (Å²) < 4.78 is 15.4. The van der Waals surface area contributed by atoms with Crippen LogP contribution in [0.5, 0.6) is 0 Å². The highest BCUT2D eigenvalue weighted by Crippen LogP contribution is 2.23. The largest absolute Gasteiger partial charge is 0.449 e. The number of hydrogen-bond donors (Lipinski definition) is 1. The van der Waals surface area contributed by atoms with Gasteiger partial charge in [0.15, 0.2) is 11.9 Å². The molecule has 138 valence electrons. The quantitative estimate of drug-likeness (QED) is 0.442. The van der Waals surface area contributed by atoms with Gasteiger partial charge >= 0.3 is 5.97 Å². The van der Waals surface area contributed by atoms with Crippen LogP contribution in [-0.4, -0.2) is 44.0 Å². The molecule has 0 bridgehead atoms. The first-order valence-corrected chi connectivity index (χ1v) is 8.11. The van der Waals surface area contributed by atoms with Crippen LogP contribution in [0.25, 0.3) is 11.3 Å². The van der Waals surface area contributed by atoms with Gasteiger partial charge in [0.2, 0.25) is 5.76 Å². The Morgan fingerprint density at radius 2 is 1.81 bits per heavy atom. The lowest BCUT2D eigenvalue weighted by atomic mass is 10.1. The molecule has 1 atom stereocenters. The van der Waals surface area contributed by atoms with E-state index in [1.54, 1.807) is 30.3 Å². The second-order valence-electron chi connectivity index (χ2n) is 5.63. The number of carbonyl (C=O) groups is 3. The number of rotatable bonds is 8. The minimum atomic E-state index is -0.956. The minimum absolute atomic E-state index is 0.00724. The van der Waals surface area contributed by atoms with Gasteiger partial charge in [-0.25, -0.2) is 4.79 Å². The molecule has 1 heterocycles. The molecule has 1 N–H and O–H groups in total. The zero-order valence-corrected chi connectivity index (χ0v) is 14.9. The van der Waals surface area contributed by atoms with Crippen LogP contribution >= 0.6 is 0 Å². The van der Waals surface area contributed by atoms with Crippen LogP contribution in [0.4, 0.5) is 0 Å². The normalized spacial score (nSPS) is 11.7. The molecule has 0 aliphatic rings. The number of ether oxygens (including phenoxy) is 2. The minimum Gasteiger partial charge on any atom is -0.449 e. The highest BCUT2D eigenvalue weighted by Gasteiger charge is 2.21. The molecule has 0 saturated carbocycles. The van der Waals surface area contributed by atoms with E-state index in [1.165, 1.54) is 27.0 Å². The third-order valence-corrected chi connectivity index (χ3v) is 3.64. The van der Waals surface area contributed by atoms with Crippen molar-refractivity contribution in [1.29, 1.82) is 0 Å². The predicted octanol–water partition coefficient (Wildman–Crippen LogP) is 2.46. The molecule has 1 amide bonds. The average Bonchev–Trinajstić information content (AvgIpc) is 3.12. The molecular formula is C19H21NO6. The summed E-state index contributed by atoms with van der Waals surface area (Å²) in [6.45, 7) is 3.67. The van der Waals surface area contributed by atoms with E-state index in [2.05, 4.69) is 5.32 Å². The first kappa shape index (κ1) is 19.4. The molecule has 7 heteroatoms. The Kier molecular flexibility index (Phi) is 6.68. The van der Waals surface area contributed by atoms with Crippen molar-refractivity contribution in [2.75, 3.05) is 20.3 Å². The summed E-state index contributed by atoms with van der Waals surface area (Å²) >= 11 is 0. The van der Waals surface area contributed by atoms with Gasteiger partial charge in [-0.15, -0.1) is 0 Å². The standard InChI is InChI=1S/C19H21NO6/c1-12(21)14-4-6-15(7-5-14)16-8-9-17(26-16)19(23)25-13(2)18(22)20-10-11-24-3/h4-9,13H,10-11H2,1-3H3,(H,20,22)/t13-/m1/s1. The Bertz CT molecular complexity index is 778. The molecule has 26 heavy (non-hydrogen) atoms. The molecule has 7 nitrogen and oxygen atoms in total. The summed E-state index contributed by atoms with van der Waals surface area (Å²) in [6.07, 6.45) is -0.956.